The predicted octanol–water partition coefficient (Wildman–Crippen LogP) is 2.78. The lowest BCUT2D eigenvalue weighted by Crippen LogP contribution is -2.04. The van der Waals surface area contributed by atoms with Crippen LogP contribution in [0.1, 0.15) is 10.5 Å². The molecule has 0 aliphatic rings. The molecule has 1 aromatic carbocycles. The molecule has 2 rings (SSSR count). The van der Waals surface area contributed by atoms with E-state index in [4.69, 9.17) is 5.73 Å². The number of carbonyl (C=O) groups excluding carboxylic acids is 1. The Morgan fingerprint density at radius 1 is 1.41 bits per heavy atom. The minimum atomic E-state index is -0.504. The highest BCUT2D eigenvalue weighted by molar-refractivity contribution is 14.1. The molecule has 88 valence electrons. The van der Waals surface area contributed by atoms with Crippen molar-refractivity contribution in [3.63, 3.8) is 0 Å². The number of hydrogen-bond acceptors (Lipinski definition) is 5. The average Bonchev–Trinajstić information content (AvgIpc) is 2.71. The fraction of sp³-hybridized carbons (Fsp3) is 0.0909. The number of esters is 1. The monoisotopic (exact) mass is 360 g/mol. The summed E-state index contributed by atoms with van der Waals surface area (Å²) in [5.41, 5.74) is 6.87. The molecule has 0 saturated carbocycles. The maximum atomic E-state index is 11.4. The second kappa shape index (κ2) is 5.01. The van der Waals surface area contributed by atoms with E-state index in [-0.39, 0.29) is 5.69 Å². The molecule has 0 unspecified atom stereocenters. The van der Waals surface area contributed by atoms with Gasteiger partial charge in [-0.15, -0.1) is 0 Å². The van der Waals surface area contributed by atoms with Gasteiger partial charge in [-0.05, 0) is 34.7 Å². The molecular weight excluding hydrogens is 351 g/mol. The number of rotatable bonds is 2. The van der Waals surface area contributed by atoms with E-state index in [1.807, 2.05) is 24.3 Å². The third-order valence-electron chi connectivity index (χ3n) is 2.12. The number of benzene rings is 1. The van der Waals surface area contributed by atoms with Crippen molar-refractivity contribution in [2.75, 3.05) is 12.8 Å². The normalized spacial score (nSPS) is 10.2. The summed E-state index contributed by atoms with van der Waals surface area (Å²) >= 11 is 3.51. The van der Waals surface area contributed by atoms with E-state index in [9.17, 15) is 4.79 Å². The Morgan fingerprint density at radius 3 is 2.65 bits per heavy atom. The number of hydrogen-bond donors (Lipinski definition) is 1. The van der Waals surface area contributed by atoms with Crippen molar-refractivity contribution in [1.82, 2.24) is 4.98 Å². The number of anilines is 1. The van der Waals surface area contributed by atoms with Crippen molar-refractivity contribution in [3.8, 4) is 10.6 Å². The number of nitrogens with two attached hydrogens (primary N) is 1. The smallest absolute Gasteiger partial charge is 0.359 e. The zero-order valence-corrected chi connectivity index (χ0v) is 11.9. The van der Waals surface area contributed by atoms with E-state index in [0.29, 0.717) is 5.00 Å². The van der Waals surface area contributed by atoms with Gasteiger partial charge < -0.3 is 10.5 Å². The third-order valence-corrected chi connectivity index (χ3v) is 3.78. The number of nitrogen functional groups attached to an aromatic ring is 1. The molecule has 0 bridgehead atoms. The van der Waals surface area contributed by atoms with Crippen LogP contribution < -0.4 is 5.73 Å². The molecule has 0 atom stereocenters. The van der Waals surface area contributed by atoms with Crippen LogP contribution in [0.25, 0.3) is 10.6 Å². The quantitative estimate of drug-likeness (QED) is 0.661. The van der Waals surface area contributed by atoms with Gasteiger partial charge in [-0.1, -0.05) is 23.5 Å². The Balaban J connectivity index is 2.41. The molecule has 0 radical (unpaired) electrons. The van der Waals surface area contributed by atoms with E-state index in [0.717, 1.165) is 14.1 Å². The summed E-state index contributed by atoms with van der Waals surface area (Å²) in [5, 5.41) is 1.10. The predicted molar refractivity (Wildman–Crippen MR) is 76.0 cm³/mol. The summed E-state index contributed by atoms with van der Waals surface area (Å²) in [6, 6.07) is 7.85. The fourth-order valence-electron chi connectivity index (χ4n) is 1.29. The Kier molecular flexibility index (Phi) is 3.63. The Hall–Kier alpha value is -1.15. The van der Waals surface area contributed by atoms with E-state index in [2.05, 4.69) is 32.3 Å². The van der Waals surface area contributed by atoms with E-state index >= 15 is 0 Å². The first-order valence-corrected chi connectivity index (χ1v) is 6.62. The van der Waals surface area contributed by atoms with Crippen LogP contribution in [0.3, 0.4) is 0 Å². The van der Waals surface area contributed by atoms with Gasteiger partial charge in [-0.3, -0.25) is 0 Å². The van der Waals surface area contributed by atoms with Gasteiger partial charge in [0.25, 0.3) is 0 Å². The third kappa shape index (κ3) is 2.58. The number of nitrogens with zero attached hydrogens (tertiary/aromatic N) is 1. The van der Waals surface area contributed by atoms with Crippen molar-refractivity contribution >= 4 is 44.9 Å². The minimum absolute atomic E-state index is 0.186. The van der Waals surface area contributed by atoms with Crippen LogP contribution >= 0.6 is 33.9 Å². The van der Waals surface area contributed by atoms with Crippen LogP contribution in [0.4, 0.5) is 5.00 Å². The molecule has 0 spiro atoms. The molecule has 1 aromatic heterocycles. The van der Waals surface area contributed by atoms with Gasteiger partial charge in [0.1, 0.15) is 10.0 Å². The minimum Gasteiger partial charge on any atom is -0.464 e. The largest absolute Gasteiger partial charge is 0.464 e. The number of ether oxygens (including phenoxy) is 1. The molecule has 0 saturated heterocycles. The van der Waals surface area contributed by atoms with Crippen molar-refractivity contribution in [1.29, 1.82) is 0 Å². The molecular formula is C11H9IN2O2S. The standard InChI is InChI=1S/C11H9IN2O2S/c1-16-11(15)8-9(13)17-10(14-8)6-2-4-7(12)5-3-6/h2-5H,13H2,1H3. The summed E-state index contributed by atoms with van der Waals surface area (Å²) in [6.45, 7) is 0. The topological polar surface area (TPSA) is 65.2 Å². The van der Waals surface area contributed by atoms with Crippen LogP contribution in [0.2, 0.25) is 0 Å². The van der Waals surface area contributed by atoms with Crippen molar-refractivity contribution in [2.24, 2.45) is 0 Å². The number of halogens is 1. The van der Waals surface area contributed by atoms with Gasteiger partial charge >= 0.3 is 5.97 Å². The van der Waals surface area contributed by atoms with Gasteiger partial charge in [-0.2, -0.15) is 0 Å². The Morgan fingerprint density at radius 2 is 2.06 bits per heavy atom. The van der Waals surface area contributed by atoms with E-state index in [1.54, 1.807) is 0 Å². The Labute approximate surface area is 116 Å². The fourth-order valence-corrected chi connectivity index (χ4v) is 2.48. The van der Waals surface area contributed by atoms with Gasteiger partial charge in [0.2, 0.25) is 0 Å². The van der Waals surface area contributed by atoms with Crippen molar-refractivity contribution in [2.45, 2.75) is 0 Å². The lowest BCUT2D eigenvalue weighted by molar-refractivity contribution is 0.0596. The van der Waals surface area contributed by atoms with E-state index < -0.39 is 5.97 Å². The number of thiazole rings is 1. The zero-order chi connectivity index (χ0) is 12.4. The summed E-state index contributed by atoms with van der Waals surface area (Å²) in [7, 11) is 1.31. The highest BCUT2D eigenvalue weighted by atomic mass is 127. The first-order chi connectivity index (χ1) is 8.11. The summed E-state index contributed by atoms with van der Waals surface area (Å²) in [4.78, 5) is 15.6. The van der Waals surface area contributed by atoms with Crippen molar-refractivity contribution in [3.05, 3.63) is 33.5 Å². The number of carbonyl (C=O) groups is 1. The lowest BCUT2D eigenvalue weighted by atomic mass is 10.2. The average molecular weight is 360 g/mol. The molecule has 0 aliphatic carbocycles. The highest BCUT2D eigenvalue weighted by Crippen LogP contribution is 2.30. The zero-order valence-electron chi connectivity index (χ0n) is 8.94. The molecule has 4 nitrogen and oxygen atoms in total. The van der Waals surface area contributed by atoms with Gasteiger partial charge in [0, 0.05) is 9.13 Å². The molecule has 6 heteroatoms. The molecule has 0 amide bonds. The van der Waals surface area contributed by atoms with Gasteiger partial charge in [0.15, 0.2) is 5.69 Å². The second-order valence-corrected chi connectivity index (χ2v) is 5.51. The molecule has 2 aromatic rings. The molecule has 0 fully saturated rings. The lowest BCUT2D eigenvalue weighted by Gasteiger charge is -1.95. The summed E-state index contributed by atoms with van der Waals surface area (Å²) in [6.07, 6.45) is 0. The molecule has 17 heavy (non-hydrogen) atoms. The van der Waals surface area contributed by atoms with Gasteiger partial charge in [0.05, 0.1) is 7.11 Å². The number of methoxy groups -OCH3 is 1. The summed E-state index contributed by atoms with van der Waals surface area (Å²) < 4.78 is 5.75. The molecule has 1 heterocycles. The van der Waals surface area contributed by atoms with Crippen LogP contribution in [0.15, 0.2) is 24.3 Å². The molecule has 0 aliphatic heterocycles. The number of aromatic nitrogens is 1. The second-order valence-electron chi connectivity index (χ2n) is 3.23. The van der Waals surface area contributed by atoms with Crippen molar-refractivity contribution < 1.29 is 9.53 Å². The maximum Gasteiger partial charge on any atom is 0.359 e. The SMILES string of the molecule is COC(=O)c1nc(-c2ccc(I)cc2)sc1N. The first kappa shape index (κ1) is 12.3. The van der Waals surface area contributed by atoms with Crippen LogP contribution in [-0.4, -0.2) is 18.1 Å². The molecule has 2 N–H and O–H groups in total. The Bertz CT molecular complexity index is 551. The van der Waals surface area contributed by atoms with Crippen LogP contribution in [0, 0.1) is 3.57 Å². The maximum absolute atomic E-state index is 11.4. The summed E-state index contributed by atoms with van der Waals surface area (Å²) in [5.74, 6) is -0.504. The van der Waals surface area contributed by atoms with E-state index in [1.165, 1.54) is 18.4 Å². The highest BCUT2D eigenvalue weighted by Gasteiger charge is 2.17. The van der Waals surface area contributed by atoms with Crippen LogP contribution in [0.5, 0.6) is 0 Å². The van der Waals surface area contributed by atoms with Gasteiger partial charge in [-0.25, -0.2) is 9.78 Å². The van der Waals surface area contributed by atoms with Crippen LogP contribution in [-0.2, 0) is 4.74 Å². The first-order valence-electron chi connectivity index (χ1n) is 4.72.